The number of benzene rings is 1. The van der Waals surface area contributed by atoms with Crippen molar-refractivity contribution in [2.45, 2.75) is 31.9 Å². The lowest BCUT2D eigenvalue weighted by atomic mass is 10.1. The first-order valence-electron chi connectivity index (χ1n) is 7.76. The summed E-state index contributed by atoms with van der Waals surface area (Å²) in [6, 6.07) is 5.56. The van der Waals surface area contributed by atoms with Gasteiger partial charge in [-0.25, -0.2) is 4.68 Å². The quantitative estimate of drug-likeness (QED) is 0.880. The molecule has 1 aliphatic heterocycles. The molecule has 3 rings (SSSR count). The van der Waals surface area contributed by atoms with E-state index in [1.807, 2.05) is 12.1 Å². The Morgan fingerprint density at radius 1 is 1.42 bits per heavy atom. The van der Waals surface area contributed by atoms with Crippen LogP contribution >= 0.6 is 23.2 Å². The van der Waals surface area contributed by atoms with Crippen LogP contribution in [0.1, 0.15) is 36.7 Å². The minimum Gasteiger partial charge on any atom is -0.387 e. The van der Waals surface area contributed by atoms with E-state index >= 15 is 0 Å². The Labute approximate surface area is 150 Å². The molecule has 6 nitrogen and oxygen atoms in total. The summed E-state index contributed by atoms with van der Waals surface area (Å²) < 4.78 is 1.71. The first-order chi connectivity index (χ1) is 11.5. The van der Waals surface area contributed by atoms with Gasteiger partial charge in [-0.3, -0.25) is 4.79 Å². The smallest absolute Gasteiger partial charge is 0.223 e. The van der Waals surface area contributed by atoms with E-state index in [0.29, 0.717) is 41.7 Å². The van der Waals surface area contributed by atoms with Crippen LogP contribution in [0.2, 0.25) is 10.0 Å². The number of nitrogens with zero attached hydrogens (tertiary/aromatic N) is 4. The first kappa shape index (κ1) is 17.2. The normalized spacial score (nSPS) is 16.1. The van der Waals surface area contributed by atoms with Gasteiger partial charge in [0.1, 0.15) is 5.69 Å². The number of carbonyl (C=O) groups excluding carboxylic acids is 1. The van der Waals surface area contributed by atoms with Crippen LogP contribution in [-0.2, 0) is 11.2 Å². The van der Waals surface area contributed by atoms with E-state index in [0.717, 1.165) is 5.56 Å². The second kappa shape index (κ2) is 7.09. The number of hydrogen-bond donors (Lipinski definition) is 1. The highest BCUT2D eigenvalue weighted by atomic mass is 35.5. The summed E-state index contributed by atoms with van der Waals surface area (Å²) in [6.07, 6.45) is 2.04. The molecule has 24 heavy (non-hydrogen) atoms. The average molecular weight is 369 g/mol. The maximum absolute atomic E-state index is 12.2. The maximum atomic E-state index is 12.2. The fraction of sp³-hybridized carbons (Fsp3) is 0.438. The predicted molar refractivity (Wildman–Crippen MR) is 91.1 cm³/mol. The van der Waals surface area contributed by atoms with Crippen LogP contribution < -0.4 is 0 Å². The van der Waals surface area contributed by atoms with Crippen LogP contribution in [0.4, 0.5) is 0 Å². The number of rotatable bonds is 5. The second-order valence-corrected chi connectivity index (χ2v) is 6.75. The molecule has 1 aromatic carbocycles. The monoisotopic (exact) mass is 368 g/mol. The van der Waals surface area contributed by atoms with Crippen molar-refractivity contribution in [3.63, 3.8) is 0 Å². The zero-order valence-corrected chi connectivity index (χ0v) is 14.7. The van der Waals surface area contributed by atoms with Crippen molar-refractivity contribution in [2.24, 2.45) is 0 Å². The summed E-state index contributed by atoms with van der Waals surface area (Å²) in [7, 11) is 0. The van der Waals surface area contributed by atoms with E-state index in [4.69, 9.17) is 23.2 Å². The largest absolute Gasteiger partial charge is 0.387 e. The molecule has 1 aromatic heterocycles. The van der Waals surface area contributed by atoms with E-state index in [-0.39, 0.29) is 11.9 Å². The van der Waals surface area contributed by atoms with Gasteiger partial charge in [0.2, 0.25) is 5.91 Å². The Morgan fingerprint density at radius 3 is 2.83 bits per heavy atom. The number of aromatic nitrogens is 3. The summed E-state index contributed by atoms with van der Waals surface area (Å²) in [5, 5.41) is 18.4. The molecule has 0 bridgehead atoms. The fourth-order valence-electron chi connectivity index (χ4n) is 2.63. The van der Waals surface area contributed by atoms with Crippen LogP contribution in [0, 0.1) is 0 Å². The SMILES string of the molecule is CC(O)c1cn(C2CN(C(=O)CCc3cccc(Cl)c3Cl)C2)nn1. The molecule has 0 radical (unpaired) electrons. The lowest BCUT2D eigenvalue weighted by Crippen LogP contribution is -2.51. The van der Waals surface area contributed by atoms with Gasteiger partial charge in [0, 0.05) is 19.5 Å². The highest BCUT2D eigenvalue weighted by Gasteiger charge is 2.32. The molecule has 1 atom stereocenters. The van der Waals surface area contributed by atoms with Crippen molar-refractivity contribution in [2.75, 3.05) is 13.1 Å². The third-order valence-corrected chi connectivity index (χ3v) is 5.04. The number of aliphatic hydroxyl groups is 1. The fourth-order valence-corrected chi connectivity index (χ4v) is 3.04. The van der Waals surface area contributed by atoms with Crippen LogP contribution in [0.3, 0.4) is 0 Å². The Bertz CT molecular complexity index is 741. The molecular weight excluding hydrogens is 351 g/mol. The molecule has 1 unspecified atom stereocenters. The minimum absolute atomic E-state index is 0.0816. The molecule has 1 saturated heterocycles. The summed E-state index contributed by atoms with van der Waals surface area (Å²) in [6.45, 7) is 2.85. The number of likely N-dealkylation sites (tertiary alicyclic amines) is 1. The summed E-state index contributed by atoms with van der Waals surface area (Å²) in [4.78, 5) is 14.0. The van der Waals surface area contributed by atoms with E-state index in [1.54, 1.807) is 28.8 Å². The highest BCUT2D eigenvalue weighted by molar-refractivity contribution is 6.42. The summed E-state index contributed by atoms with van der Waals surface area (Å²) in [5.74, 6) is 0.0816. The molecule has 0 spiro atoms. The van der Waals surface area contributed by atoms with Gasteiger partial charge in [-0.1, -0.05) is 40.5 Å². The maximum Gasteiger partial charge on any atom is 0.223 e. The van der Waals surface area contributed by atoms with Crippen LogP contribution in [-0.4, -0.2) is 44.0 Å². The van der Waals surface area contributed by atoms with Crippen molar-refractivity contribution < 1.29 is 9.90 Å². The molecule has 1 fully saturated rings. The van der Waals surface area contributed by atoms with E-state index in [1.165, 1.54) is 0 Å². The first-order valence-corrected chi connectivity index (χ1v) is 8.51. The molecule has 1 amide bonds. The highest BCUT2D eigenvalue weighted by Crippen LogP contribution is 2.27. The van der Waals surface area contributed by atoms with Crippen LogP contribution in [0.15, 0.2) is 24.4 Å². The predicted octanol–water partition coefficient (Wildman–Crippen LogP) is 2.65. The molecule has 0 aliphatic carbocycles. The molecule has 8 heteroatoms. The molecule has 1 N–H and O–H groups in total. The lowest BCUT2D eigenvalue weighted by molar-refractivity contribution is -0.137. The van der Waals surface area contributed by atoms with Gasteiger partial charge in [-0.05, 0) is 25.0 Å². The molecule has 1 aliphatic rings. The van der Waals surface area contributed by atoms with Gasteiger partial charge in [-0.15, -0.1) is 5.10 Å². The molecule has 0 saturated carbocycles. The number of carbonyl (C=O) groups is 1. The van der Waals surface area contributed by atoms with Crippen molar-refractivity contribution in [1.29, 1.82) is 0 Å². The summed E-state index contributed by atoms with van der Waals surface area (Å²) >= 11 is 12.1. The third-order valence-electron chi connectivity index (χ3n) is 4.18. The number of halogens is 2. The van der Waals surface area contributed by atoms with Crippen molar-refractivity contribution in [3.05, 3.63) is 45.7 Å². The third kappa shape index (κ3) is 3.55. The van der Waals surface area contributed by atoms with Gasteiger partial charge in [0.25, 0.3) is 0 Å². The number of amides is 1. The zero-order chi connectivity index (χ0) is 17.3. The van der Waals surface area contributed by atoms with Gasteiger partial charge < -0.3 is 10.0 Å². The topological polar surface area (TPSA) is 71.2 Å². The Balaban J connectivity index is 1.50. The molecule has 2 heterocycles. The van der Waals surface area contributed by atoms with Crippen molar-refractivity contribution in [3.8, 4) is 0 Å². The average Bonchev–Trinajstić information content (AvgIpc) is 2.97. The number of aryl methyl sites for hydroxylation is 1. The number of aliphatic hydroxyl groups excluding tert-OH is 1. The second-order valence-electron chi connectivity index (χ2n) is 5.96. The zero-order valence-electron chi connectivity index (χ0n) is 13.2. The number of hydrogen-bond acceptors (Lipinski definition) is 4. The van der Waals surface area contributed by atoms with Crippen molar-refractivity contribution >= 4 is 29.1 Å². The lowest BCUT2D eigenvalue weighted by Gasteiger charge is -2.39. The molecular formula is C16H18Cl2N4O2. The Morgan fingerprint density at radius 2 is 2.17 bits per heavy atom. The van der Waals surface area contributed by atoms with E-state index in [2.05, 4.69) is 10.3 Å². The van der Waals surface area contributed by atoms with Gasteiger partial charge >= 0.3 is 0 Å². The minimum atomic E-state index is -0.640. The van der Waals surface area contributed by atoms with E-state index < -0.39 is 6.10 Å². The van der Waals surface area contributed by atoms with Gasteiger partial charge in [0.15, 0.2) is 0 Å². The van der Waals surface area contributed by atoms with E-state index in [9.17, 15) is 9.90 Å². The van der Waals surface area contributed by atoms with Crippen LogP contribution in [0.25, 0.3) is 0 Å². The standard InChI is InChI=1S/C16H18Cl2N4O2/c1-10(23)14-9-22(20-19-14)12-7-21(8-12)15(24)6-5-11-3-2-4-13(17)16(11)18/h2-4,9-10,12,23H,5-8H2,1H3. The Kier molecular flexibility index (Phi) is 5.08. The van der Waals surface area contributed by atoms with Crippen LogP contribution in [0.5, 0.6) is 0 Å². The Hall–Kier alpha value is -1.63. The van der Waals surface area contributed by atoms with Crippen molar-refractivity contribution in [1.82, 2.24) is 19.9 Å². The molecule has 128 valence electrons. The molecule has 2 aromatic rings. The van der Waals surface area contributed by atoms with Gasteiger partial charge in [0.05, 0.1) is 28.4 Å². The van der Waals surface area contributed by atoms with Gasteiger partial charge in [-0.2, -0.15) is 0 Å². The summed E-state index contributed by atoms with van der Waals surface area (Å²) in [5.41, 5.74) is 1.42.